The molecule has 114 valence electrons. The van der Waals surface area contributed by atoms with E-state index in [2.05, 4.69) is 4.90 Å². The van der Waals surface area contributed by atoms with Gasteiger partial charge < -0.3 is 19.5 Å². The van der Waals surface area contributed by atoms with Crippen molar-refractivity contribution in [3.8, 4) is 5.75 Å². The van der Waals surface area contributed by atoms with E-state index >= 15 is 0 Å². The molecular weight excluding hydrogens is 261 g/mol. The second kappa shape index (κ2) is 8.19. The molecule has 0 amide bonds. The first-order chi connectivity index (χ1) is 9.51. The van der Waals surface area contributed by atoms with Crippen molar-refractivity contribution < 1.29 is 19.0 Å². The number of ether oxygens (including phenoxy) is 2. The van der Waals surface area contributed by atoms with Crippen molar-refractivity contribution in [1.29, 1.82) is 0 Å². The van der Waals surface area contributed by atoms with Gasteiger partial charge in [-0.15, -0.1) is 0 Å². The van der Waals surface area contributed by atoms with E-state index in [9.17, 15) is 9.50 Å². The number of rotatable bonds is 8. The Morgan fingerprint density at radius 3 is 2.65 bits per heavy atom. The van der Waals surface area contributed by atoms with Gasteiger partial charge in [0.2, 0.25) is 0 Å². The van der Waals surface area contributed by atoms with Gasteiger partial charge in [0, 0.05) is 19.7 Å². The van der Waals surface area contributed by atoms with Crippen LogP contribution >= 0.6 is 0 Å². The van der Waals surface area contributed by atoms with Crippen molar-refractivity contribution in [3.05, 3.63) is 29.6 Å². The molecule has 2 atom stereocenters. The Kier molecular flexibility index (Phi) is 6.91. The number of aliphatic hydroxyl groups excluding tert-OH is 1. The normalized spacial score (nSPS) is 14.3. The molecule has 0 spiro atoms. The van der Waals surface area contributed by atoms with Gasteiger partial charge in [0.15, 0.2) is 0 Å². The minimum absolute atomic E-state index is 0.225. The Balaban J connectivity index is 2.65. The molecule has 0 fully saturated rings. The van der Waals surface area contributed by atoms with Crippen LogP contribution in [0.5, 0.6) is 5.75 Å². The fourth-order valence-corrected chi connectivity index (χ4v) is 2.08. The lowest BCUT2D eigenvalue weighted by Gasteiger charge is -2.25. The van der Waals surface area contributed by atoms with Crippen molar-refractivity contribution in [2.75, 3.05) is 34.4 Å². The minimum Gasteiger partial charge on any atom is -0.496 e. The SMILES string of the molecule is COCC(C)N(C)CCC(O)c1c(F)cccc1OC. The number of nitrogens with zero attached hydrogens (tertiary/aromatic N) is 1. The van der Waals surface area contributed by atoms with Gasteiger partial charge in [0.05, 0.1) is 25.4 Å². The third kappa shape index (κ3) is 4.44. The summed E-state index contributed by atoms with van der Waals surface area (Å²) in [4.78, 5) is 2.07. The van der Waals surface area contributed by atoms with Gasteiger partial charge in [0.1, 0.15) is 11.6 Å². The molecule has 5 heteroatoms. The highest BCUT2D eigenvalue weighted by Crippen LogP contribution is 2.29. The highest BCUT2D eigenvalue weighted by molar-refractivity contribution is 5.36. The maximum Gasteiger partial charge on any atom is 0.132 e. The highest BCUT2D eigenvalue weighted by atomic mass is 19.1. The fourth-order valence-electron chi connectivity index (χ4n) is 2.08. The van der Waals surface area contributed by atoms with Gasteiger partial charge in [0.25, 0.3) is 0 Å². The van der Waals surface area contributed by atoms with E-state index in [-0.39, 0.29) is 11.6 Å². The van der Waals surface area contributed by atoms with Crippen LogP contribution in [0.1, 0.15) is 25.0 Å². The molecule has 1 aromatic carbocycles. The highest BCUT2D eigenvalue weighted by Gasteiger charge is 2.19. The molecule has 0 bridgehead atoms. The molecule has 0 aromatic heterocycles. The standard InChI is InChI=1S/C15H24FNO3/c1-11(10-19-3)17(2)9-8-13(18)15-12(16)6-5-7-14(15)20-4/h5-7,11,13,18H,8-10H2,1-4H3. The Labute approximate surface area is 120 Å². The number of likely N-dealkylation sites (N-methyl/N-ethyl adjacent to an activating group) is 1. The molecule has 0 radical (unpaired) electrons. The summed E-state index contributed by atoms with van der Waals surface area (Å²) in [5.74, 6) is -0.0606. The maximum atomic E-state index is 13.8. The van der Waals surface area contributed by atoms with Crippen LogP contribution < -0.4 is 4.74 Å². The van der Waals surface area contributed by atoms with Crippen LogP contribution in [-0.2, 0) is 4.74 Å². The molecule has 1 rings (SSSR count). The van der Waals surface area contributed by atoms with Crippen LogP contribution in [-0.4, -0.2) is 50.5 Å². The third-order valence-corrected chi connectivity index (χ3v) is 3.48. The van der Waals surface area contributed by atoms with E-state index in [1.165, 1.54) is 13.2 Å². The molecule has 4 nitrogen and oxygen atoms in total. The summed E-state index contributed by atoms with van der Waals surface area (Å²) in [6.07, 6.45) is -0.453. The number of benzene rings is 1. The Hall–Kier alpha value is -1.17. The first kappa shape index (κ1) is 16.9. The van der Waals surface area contributed by atoms with E-state index in [0.29, 0.717) is 25.3 Å². The topological polar surface area (TPSA) is 41.9 Å². The molecular formula is C15H24FNO3. The largest absolute Gasteiger partial charge is 0.496 e. The maximum absolute atomic E-state index is 13.8. The summed E-state index contributed by atoms with van der Waals surface area (Å²) in [5, 5.41) is 10.2. The van der Waals surface area contributed by atoms with Gasteiger partial charge in [-0.2, -0.15) is 0 Å². The van der Waals surface area contributed by atoms with E-state index in [0.717, 1.165) is 0 Å². The van der Waals surface area contributed by atoms with E-state index in [4.69, 9.17) is 9.47 Å². The molecule has 0 aliphatic rings. The number of hydrogen-bond acceptors (Lipinski definition) is 4. The zero-order chi connectivity index (χ0) is 15.1. The molecule has 2 unspecified atom stereocenters. The van der Waals surface area contributed by atoms with Crippen molar-refractivity contribution in [1.82, 2.24) is 4.90 Å². The minimum atomic E-state index is -0.886. The monoisotopic (exact) mass is 285 g/mol. The molecule has 1 N–H and O–H groups in total. The lowest BCUT2D eigenvalue weighted by molar-refractivity contribution is 0.0942. The number of methoxy groups -OCH3 is 2. The second-order valence-electron chi connectivity index (χ2n) is 4.95. The molecule has 0 saturated carbocycles. The summed E-state index contributed by atoms with van der Waals surface area (Å²) < 4.78 is 24.0. The van der Waals surface area contributed by atoms with Gasteiger partial charge in [-0.05, 0) is 32.5 Å². The number of aliphatic hydroxyl groups is 1. The molecule has 0 saturated heterocycles. The second-order valence-corrected chi connectivity index (χ2v) is 4.95. The van der Waals surface area contributed by atoms with E-state index in [1.807, 2.05) is 14.0 Å². The Morgan fingerprint density at radius 1 is 1.35 bits per heavy atom. The Morgan fingerprint density at radius 2 is 2.05 bits per heavy atom. The first-order valence-corrected chi connectivity index (χ1v) is 6.70. The molecule has 0 aliphatic carbocycles. The molecule has 0 aliphatic heterocycles. The number of hydrogen-bond donors (Lipinski definition) is 1. The van der Waals surface area contributed by atoms with Crippen LogP contribution in [0.25, 0.3) is 0 Å². The van der Waals surface area contributed by atoms with Crippen molar-refractivity contribution in [3.63, 3.8) is 0 Å². The summed E-state index contributed by atoms with van der Waals surface area (Å²) in [6.45, 7) is 3.30. The van der Waals surface area contributed by atoms with Crippen molar-refractivity contribution in [2.45, 2.75) is 25.5 Å². The predicted molar refractivity (Wildman–Crippen MR) is 76.5 cm³/mol. The van der Waals surface area contributed by atoms with Crippen LogP contribution in [0.3, 0.4) is 0 Å². The summed E-state index contributed by atoms with van der Waals surface area (Å²) in [6, 6.07) is 4.80. The summed E-state index contributed by atoms with van der Waals surface area (Å²) >= 11 is 0. The van der Waals surface area contributed by atoms with Crippen LogP contribution in [0.15, 0.2) is 18.2 Å². The lowest BCUT2D eigenvalue weighted by Crippen LogP contribution is -2.34. The fraction of sp³-hybridized carbons (Fsp3) is 0.600. The van der Waals surface area contributed by atoms with E-state index in [1.54, 1.807) is 19.2 Å². The van der Waals surface area contributed by atoms with Gasteiger partial charge in [-0.25, -0.2) is 4.39 Å². The van der Waals surface area contributed by atoms with Gasteiger partial charge in [-0.3, -0.25) is 0 Å². The molecule has 0 heterocycles. The molecule has 1 aromatic rings. The predicted octanol–water partition coefficient (Wildman–Crippen LogP) is 2.22. The van der Waals surface area contributed by atoms with Crippen molar-refractivity contribution in [2.24, 2.45) is 0 Å². The van der Waals surface area contributed by atoms with E-state index < -0.39 is 11.9 Å². The summed E-state index contributed by atoms with van der Waals surface area (Å²) in [5.41, 5.74) is 0.225. The smallest absolute Gasteiger partial charge is 0.132 e. The van der Waals surface area contributed by atoms with Gasteiger partial charge in [-0.1, -0.05) is 6.07 Å². The molecule has 20 heavy (non-hydrogen) atoms. The first-order valence-electron chi connectivity index (χ1n) is 6.70. The zero-order valence-corrected chi connectivity index (χ0v) is 12.6. The van der Waals surface area contributed by atoms with Crippen LogP contribution in [0.2, 0.25) is 0 Å². The third-order valence-electron chi connectivity index (χ3n) is 3.48. The quantitative estimate of drug-likeness (QED) is 0.795. The Bertz CT molecular complexity index is 414. The van der Waals surface area contributed by atoms with Crippen LogP contribution in [0, 0.1) is 5.82 Å². The van der Waals surface area contributed by atoms with Gasteiger partial charge >= 0.3 is 0 Å². The lowest BCUT2D eigenvalue weighted by atomic mass is 10.0. The average molecular weight is 285 g/mol. The summed E-state index contributed by atoms with van der Waals surface area (Å²) in [7, 11) is 5.08. The number of halogens is 1. The average Bonchev–Trinajstić information content (AvgIpc) is 2.44. The zero-order valence-electron chi connectivity index (χ0n) is 12.6. The van der Waals surface area contributed by atoms with Crippen molar-refractivity contribution >= 4 is 0 Å². The van der Waals surface area contributed by atoms with Crippen LogP contribution in [0.4, 0.5) is 4.39 Å².